The van der Waals surface area contributed by atoms with Gasteiger partial charge in [-0.15, -0.1) is 24.0 Å². The van der Waals surface area contributed by atoms with E-state index in [9.17, 15) is 9.18 Å². The van der Waals surface area contributed by atoms with Crippen molar-refractivity contribution < 1.29 is 13.9 Å². The number of carbonyl (C=O) groups excluding carboxylic acids is 1. The van der Waals surface area contributed by atoms with E-state index in [0.717, 1.165) is 5.56 Å². The van der Waals surface area contributed by atoms with Gasteiger partial charge in [0.15, 0.2) is 5.96 Å². The fraction of sp³-hybridized carbons (Fsp3) is 0.263. The average Bonchev–Trinajstić information content (AvgIpc) is 2.67. The van der Waals surface area contributed by atoms with Crippen LogP contribution in [-0.4, -0.2) is 39.1 Å². The highest BCUT2D eigenvalue weighted by Gasteiger charge is 2.06. The van der Waals surface area contributed by atoms with E-state index in [1.165, 1.54) is 24.3 Å². The van der Waals surface area contributed by atoms with Crippen LogP contribution in [0.15, 0.2) is 47.5 Å². The van der Waals surface area contributed by atoms with Gasteiger partial charge >= 0.3 is 0 Å². The van der Waals surface area contributed by atoms with Crippen LogP contribution in [0.25, 0.3) is 0 Å². The Labute approximate surface area is 185 Å². The predicted octanol–water partition coefficient (Wildman–Crippen LogP) is 3.45. The lowest BCUT2D eigenvalue weighted by atomic mass is 10.1. The Morgan fingerprint density at radius 1 is 1.18 bits per heavy atom. The molecule has 6 nitrogen and oxygen atoms in total. The molecule has 0 bridgehead atoms. The quantitative estimate of drug-likeness (QED) is 0.297. The predicted molar refractivity (Wildman–Crippen MR) is 122 cm³/mol. The third-order valence-electron chi connectivity index (χ3n) is 3.71. The Bertz CT molecular complexity index is 803. The van der Waals surface area contributed by atoms with E-state index in [1.54, 1.807) is 20.2 Å². The van der Waals surface area contributed by atoms with Crippen molar-refractivity contribution in [2.75, 3.05) is 32.6 Å². The molecule has 0 aliphatic rings. The van der Waals surface area contributed by atoms with Gasteiger partial charge in [0.2, 0.25) is 5.91 Å². The fourth-order valence-corrected chi connectivity index (χ4v) is 2.56. The van der Waals surface area contributed by atoms with E-state index in [1.807, 2.05) is 12.1 Å². The fourth-order valence-electron chi connectivity index (χ4n) is 2.30. The third-order valence-corrected chi connectivity index (χ3v) is 4.07. The van der Waals surface area contributed by atoms with Crippen LogP contribution in [0.3, 0.4) is 0 Å². The highest BCUT2D eigenvalue weighted by molar-refractivity contribution is 14.0. The maximum absolute atomic E-state index is 12.9. The summed E-state index contributed by atoms with van der Waals surface area (Å²) in [5, 5.41) is 9.35. The lowest BCUT2D eigenvalue weighted by Crippen LogP contribution is -2.42. The first-order valence-electron chi connectivity index (χ1n) is 8.34. The van der Waals surface area contributed by atoms with Gasteiger partial charge in [-0.05, 0) is 48.4 Å². The molecular formula is C19H23ClFIN4O2. The number of nitrogens with zero attached hydrogens (tertiary/aromatic N) is 1. The first kappa shape index (κ1) is 24.0. The van der Waals surface area contributed by atoms with Gasteiger partial charge in [0.25, 0.3) is 0 Å². The molecule has 2 aromatic rings. The van der Waals surface area contributed by atoms with Crippen molar-refractivity contribution in [2.45, 2.75) is 6.42 Å². The molecule has 9 heteroatoms. The molecule has 3 N–H and O–H groups in total. The van der Waals surface area contributed by atoms with E-state index in [2.05, 4.69) is 20.9 Å². The maximum Gasteiger partial charge on any atom is 0.243 e. The summed E-state index contributed by atoms with van der Waals surface area (Å²) in [7, 11) is 3.21. The Morgan fingerprint density at radius 3 is 2.50 bits per heavy atom. The van der Waals surface area contributed by atoms with Crippen molar-refractivity contribution >= 4 is 53.1 Å². The van der Waals surface area contributed by atoms with Crippen LogP contribution in [0.1, 0.15) is 5.56 Å². The van der Waals surface area contributed by atoms with Gasteiger partial charge in [-0.1, -0.05) is 17.7 Å². The highest BCUT2D eigenvalue weighted by Crippen LogP contribution is 2.22. The van der Waals surface area contributed by atoms with Gasteiger partial charge in [0.1, 0.15) is 11.6 Å². The molecule has 0 spiro atoms. The number of ether oxygens (including phenoxy) is 1. The van der Waals surface area contributed by atoms with Gasteiger partial charge in [0.05, 0.1) is 13.7 Å². The molecule has 0 saturated carbocycles. The average molecular weight is 521 g/mol. The molecule has 0 saturated heterocycles. The first-order valence-corrected chi connectivity index (χ1v) is 8.72. The third kappa shape index (κ3) is 7.89. The second kappa shape index (κ2) is 12.4. The smallest absolute Gasteiger partial charge is 0.243 e. The van der Waals surface area contributed by atoms with Crippen molar-refractivity contribution in [3.8, 4) is 5.75 Å². The molecular weight excluding hydrogens is 498 g/mol. The first-order chi connectivity index (χ1) is 13.0. The number of halogens is 3. The topological polar surface area (TPSA) is 74.8 Å². The number of nitrogens with one attached hydrogen (secondary N) is 3. The molecule has 0 unspecified atom stereocenters. The van der Waals surface area contributed by atoms with Gasteiger partial charge in [0, 0.05) is 24.3 Å². The summed E-state index contributed by atoms with van der Waals surface area (Å²) in [6, 6.07) is 11.1. The molecule has 0 fully saturated rings. The molecule has 0 aliphatic heterocycles. The van der Waals surface area contributed by atoms with E-state index in [-0.39, 0.29) is 42.2 Å². The van der Waals surface area contributed by atoms with Gasteiger partial charge in [-0.2, -0.15) is 0 Å². The summed E-state index contributed by atoms with van der Waals surface area (Å²) in [6.07, 6.45) is 0.686. The molecule has 2 aromatic carbocycles. The number of hydrogen-bond donors (Lipinski definition) is 3. The summed E-state index contributed by atoms with van der Waals surface area (Å²) >= 11 is 6.22. The molecule has 1 amide bonds. The number of rotatable bonds is 7. The summed E-state index contributed by atoms with van der Waals surface area (Å²) in [4.78, 5) is 16.0. The molecule has 0 aliphatic carbocycles. The van der Waals surface area contributed by atoms with Gasteiger partial charge < -0.3 is 20.7 Å². The van der Waals surface area contributed by atoms with Crippen LogP contribution in [0, 0.1) is 5.82 Å². The highest BCUT2D eigenvalue weighted by atomic mass is 127. The van der Waals surface area contributed by atoms with E-state index in [0.29, 0.717) is 35.4 Å². The van der Waals surface area contributed by atoms with Gasteiger partial charge in [-0.3, -0.25) is 9.79 Å². The van der Waals surface area contributed by atoms with Crippen molar-refractivity contribution in [1.82, 2.24) is 10.6 Å². The summed E-state index contributed by atoms with van der Waals surface area (Å²) in [5.74, 6) is 0.589. The number of methoxy groups -OCH3 is 1. The van der Waals surface area contributed by atoms with Crippen LogP contribution in [-0.2, 0) is 11.2 Å². The van der Waals surface area contributed by atoms with Crippen LogP contribution in [0.4, 0.5) is 10.1 Å². The van der Waals surface area contributed by atoms with Crippen LogP contribution >= 0.6 is 35.6 Å². The number of benzene rings is 2. The van der Waals surface area contributed by atoms with E-state index >= 15 is 0 Å². The second-order valence-electron chi connectivity index (χ2n) is 5.61. The zero-order valence-corrected chi connectivity index (χ0v) is 18.7. The molecule has 0 heterocycles. The molecule has 28 heavy (non-hydrogen) atoms. The van der Waals surface area contributed by atoms with E-state index in [4.69, 9.17) is 16.3 Å². The standard InChI is InChI=1S/C19H22ClFN4O2.HI/c1-22-19(23-10-9-13-3-8-16(27-2)11-17(13)20)24-12-18(26)25-15-6-4-14(21)5-7-15;/h3-8,11H,9-10,12H2,1-2H3,(H,25,26)(H2,22,23,24);1H. The minimum absolute atomic E-state index is 0. The summed E-state index contributed by atoms with van der Waals surface area (Å²) in [6.45, 7) is 0.617. The monoisotopic (exact) mass is 520 g/mol. The van der Waals surface area contributed by atoms with Crippen molar-refractivity contribution in [3.05, 3.63) is 58.9 Å². The Hall–Kier alpha value is -2.07. The maximum atomic E-state index is 12.9. The normalized spacial score (nSPS) is 10.6. The minimum Gasteiger partial charge on any atom is -0.497 e. The number of aliphatic imine (C=N–C) groups is 1. The number of anilines is 1. The summed E-state index contributed by atoms with van der Waals surface area (Å²) < 4.78 is 18.0. The Balaban J connectivity index is 0.00000392. The largest absolute Gasteiger partial charge is 0.497 e. The van der Waals surface area contributed by atoms with Crippen LogP contribution in [0.2, 0.25) is 5.02 Å². The summed E-state index contributed by atoms with van der Waals surface area (Å²) in [5.41, 5.74) is 1.51. The van der Waals surface area contributed by atoms with Gasteiger partial charge in [-0.25, -0.2) is 4.39 Å². The zero-order chi connectivity index (χ0) is 19.6. The number of carbonyl (C=O) groups is 1. The SMILES string of the molecule is CN=C(NCCc1ccc(OC)cc1Cl)NCC(=O)Nc1ccc(F)cc1.I. The minimum atomic E-state index is -0.354. The Kier molecular flexibility index (Phi) is 10.6. The van der Waals surface area contributed by atoms with E-state index < -0.39 is 0 Å². The van der Waals surface area contributed by atoms with Crippen LogP contribution < -0.4 is 20.7 Å². The molecule has 2 rings (SSSR count). The molecule has 0 atom stereocenters. The number of guanidine groups is 1. The van der Waals surface area contributed by atoms with Crippen molar-refractivity contribution in [3.63, 3.8) is 0 Å². The zero-order valence-electron chi connectivity index (χ0n) is 15.6. The lowest BCUT2D eigenvalue weighted by Gasteiger charge is -2.13. The van der Waals surface area contributed by atoms with Crippen molar-refractivity contribution in [2.24, 2.45) is 4.99 Å². The second-order valence-corrected chi connectivity index (χ2v) is 6.02. The molecule has 152 valence electrons. The number of hydrogen-bond acceptors (Lipinski definition) is 3. The number of amides is 1. The van der Waals surface area contributed by atoms with Crippen molar-refractivity contribution in [1.29, 1.82) is 0 Å². The lowest BCUT2D eigenvalue weighted by molar-refractivity contribution is -0.115. The molecule has 0 aromatic heterocycles. The van der Waals surface area contributed by atoms with Crippen LogP contribution in [0.5, 0.6) is 5.75 Å². The Morgan fingerprint density at radius 2 is 1.89 bits per heavy atom. The molecule has 0 radical (unpaired) electrons.